The third-order valence-corrected chi connectivity index (χ3v) is 14.9. The van der Waals surface area contributed by atoms with Gasteiger partial charge in [0.05, 0.1) is 28.0 Å². The molecule has 0 aliphatic carbocycles. The minimum atomic E-state index is -4.33. The summed E-state index contributed by atoms with van der Waals surface area (Å²) in [4.78, 5) is 64.8. The molecule has 8 heterocycles. The third kappa shape index (κ3) is 3.26. The summed E-state index contributed by atoms with van der Waals surface area (Å²) in [5.41, 5.74) is 0.309. The van der Waals surface area contributed by atoms with Crippen LogP contribution in [-0.4, -0.2) is 108 Å². The molecule has 0 aromatic heterocycles. The van der Waals surface area contributed by atoms with Gasteiger partial charge in [0.25, 0.3) is 10.0 Å². The van der Waals surface area contributed by atoms with Crippen molar-refractivity contribution in [3.63, 3.8) is 0 Å². The molecule has 1 N–H and O–H groups in total. The number of nitrogens with one attached hydrogen (secondary N) is 1. The van der Waals surface area contributed by atoms with Crippen molar-refractivity contribution in [1.82, 2.24) is 19.6 Å². The molecule has 3 aromatic rings. The molecule has 8 atom stereocenters. The zero-order valence-corrected chi connectivity index (χ0v) is 28.2. The fraction of sp³-hybridized carbons (Fsp3) is 0.405. The monoisotopic (exact) mass is 706 g/mol. The van der Waals surface area contributed by atoms with Crippen LogP contribution >= 0.6 is 0 Å². The van der Waals surface area contributed by atoms with Gasteiger partial charge in [0.15, 0.2) is 0 Å². The first-order valence-corrected chi connectivity index (χ1v) is 19.0. The summed E-state index contributed by atoms with van der Waals surface area (Å²) in [6.45, 7) is 0.587. The maximum absolute atomic E-state index is 15.1. The van der Waals surface area contributed by atoms with Crippen LogP contribution in [0.1, 0.15) is 36.8 Å². The number of rotatable bonds is 3. The number of para-hydroxylation sites is 2. The topological polar surface area (TPSA) is 140 Å². The summed E-state index contributed by atoms with van der Waals surface area (Å²) in [7, 11) is -4.33. The molecule has 14 heteroatoms. The summed E-state index contributed by atoms with van der Waals surface area (Å²) in [5.74, 6) is -0.909. The van der Waals surface area contributed by atoms with Crippen LogP contribution in [0, 0.1) is 0 Å². The van der Waals surface area contributed by atoms with Gasteiger partial charge in [-0.25, -0.2) is 12.7 Å². The second kappa shape index (κ2) is 9.68. The molecule has 13 nitrogen and oxygen atoms in total. The summed E-state index contributed by atoms with van der Waals surface area (Å²) in [5, 5.41) is 3.64. The van der Waals surface area contributed by atoms with E-state index >= 15 is 8.42 Å². The minimum absolute atomic E-state index is 0.0248. The van der Waals surface area contributed by atoms with Gasteiger partial charge in [-0.05, 0) is 61.1 Å². The van der Waals surface area contributed by atoms with Gasteiger partial charge in [-0.1, -0.05) is 54.6 Å². The summed E-state index contributed by atoms with van der Waals surface area (Å²) in [6, 6.07) is 20.0. The molecule has 1 unspecified atom stereocenters. The molecule has 51 heavy (non-hydrogen) atoms. The number of benzene rings is 3. The molecular weight excluding hydrogens is 673 g/mol. The maximum Gasteiger partial charge on any atom is 0.266 e. The molecule has 0 spiro atoms. The fourth-order valence-electron chi connectivity index (χ4n) is 11.3. The van der Waals surface area contributed by atoms with Crippen molar-refractivity contribution in [2.45, 2.75) is 77.9 Å². The van der Waals surface area contributed by atoms with Crippen molar-refractivity contribution in [1.29, 1.82) is 0 Å². The molecule has 260 valence electrons. The Kier molecular flexibility index (Phi) is 5.64. The lowest BCUT2D eigenvalue weighted by atomic mass is 9.54. The van der Waals surface area contributed by atoms with Crippen LogP contribution in [0.3, 0.4) is 0 Å². The van der Waals surface area contributed by atoms with Gasteiger partial charge in [0.1, 0.15) is 43.2 Å². The van der Waals surface area contributed by atoms with Gasteiger partial charge in [-0.15, -0.1) is 0 Å². The van der Waals surface area contributed by atoms with Crippen molar-refractivity contribution in [3.05, 3.63) is 90.0 Å². The highest BCUT2D eigenvalue weighted by Gasteiger charge is 2.81. The molecule has 0 bridgehead atoms. The maximum atomic E-state index is 15.1. The van der Waals surface area contributed by atoms with Crippen LogP contribution in [0.5, 0.6) is 0 Å². The van der Waals surface area contributed by atoms with E-state index < -0.39 is 57.4 Å². The van der Waals surface area contributed by atoms with Gasteiger partial charge >= 0.3 is 0 Å². The van der Waals surface area contributed by atoms with E-state index in [2.05, 4.69) is 5.32 Å². The number of anilines is 2. The van der Waals surface area contributed by atoms with E-state index in [1.54, 1.807) is 57.2 Å². The second-order valence-electron chi connectivity index (χ2n) is 15.0. The zero-order chi connectivity index (χ0) is 34.6. The van der Waals surface area contributed by atoms with Crippen LogP contribution in [0.2, 0.25) is 0 Å². The zero-order valence-electron chi connectivity index (χ0n) is 27.4. The Morgan fingerprint density at radius 3 is 2.18 bits per heavy atom. The number of ether oxygens (including phenoxy) is 1. The molecule has 0 saturated carbocycles. The van der Waals surface area contributed by atoms with Gasteiger partial charge in [-0.2, -0.15) is 0 Å². The normalized spacial score (nSPS) is 35.6. The molecule has 6 fully saturated rings. The number of piperazine rings is 2. The van der Waals surface area contributed by atoms with Gasteiger partial charge in [0.2, 0.25) is 23.6 Å². The molecule has 6 saturated heterocycles. The molecule has 4 amide bonds. The van der Waals surface area contributed by atoms with Gasteiger partial charge in [0, 0.05) is 12.2 Å². The lowest BCUT2D eigenvalue weighted by Crippen LogP contribution is -2.68. The van der Waals surface area contributed by atoms with E-state index in [1.165, 1.54) is 9.21 Å². The van der Waals surface area contributed by atoms with E-state index in [9.17, 15) is 19.2 Å². The smallest absolute Gasteiger partial charge is 0.266 e. The van der Waals surface area contributed by atoms with Gasteiger partial charge in [-0.3, -0.25) is 19.2 Å². The number of sulfonamides is 1. The summed E-state index contributed by atoms with van der Waals surface area (Å²) in [6.07, 6.45) is -0.460. The van der Waals surface area contributed by atoms with Crippen molar-refractivity contribution in [2.24, 2.45) is 0 Å². The van der Waals surface area contributed by atoms with E-state index in [-0.39, 0.29) is 54.7 Å². The first-order valence-electron chi connectivity index (χ1n) is 17.6. The highest BCUT2D eigenvalue weighted by Crippen LogP contribution is 2.71. The van der Waals surface area contributed by atoms with Crippen molar-refractivity contribution < 1.29 is 32.3 Å². The van der Waals surface area contributed by atoms with Crippen molar-refractivity contribution in [2.75, 3.05) is 29.5 Å². The standard InChI is InChI=1S/C37H34N6O7S/c44-30-28-18-37(36-17-27-31(45)40-20-50-19-29(40)33(47)41(27)34(36)38-24-13-6-4-11-22(24)36)23-12-5-7-14-25(23)43(51(48,49)21-9-2-1-3-10-21)35(37)42(28)32(46)26-15-8-16-39(26)30/h1-7,9-14,26-29,34-35,38H,8,15-20H2/t26-,27-,28-,29-,34+,35-,36-,37?/m0/s1. The molecular formula is C37H34N6O7S. The fourth-order valence-corrected chi connectivity index (χ4v) is 13.0. The number of hydrogen-bond donors (Lipinski definition) is 1. The first-order chi connectivity index (χ1) is 24.7. The van der Waals surface area contributed by atoms with E-state index in [1.807, 2.05) is 36.4 Å². The van der Waals surface area contributed by atoms with Gasteiger partial charge < -0.3 is 29.7 Å². The number of carbonyl (C=O) groups excluding carboxylic acids is 4. The lowest BCUT2D eigenvalue weighted by molar-refractivity contribution is -0.158. The summed E-state index contributed by atoms with van der Waals surface area (Å²) < 4.78 is 37.3. The Morgan fingerprint density at radius 1 is 0.686 bits per heavy atom. The molecule has 8 aliphatic rings. The summed E-state index contributed by atoms with van der Waals surface area (Å²) >= 11 is 0. The van der Waals surface area contributed by atoms with Crippen LogP contribution < -0.4 is 9.62 Å². The van der Waals surface area contributed by atoms with Crippen molar-refractivity contribution in [3.8, 4) is 0 Å². The number of fused-ring (bicyclic) bond motifs is 13. The molecule has 11 rings (SSSR count). The Labute approximate surface area is 293 Å². The first kappa shape index (κ1) is 29.7. The van der Waals surface area contributed by atoms with E-state index in [0.29, 0.717) is 30.6 Å². The second-order valence-corrected chi connectivity index (χ2v) is 16.8. The lowest BCUT2D eigenvalue weighted by Gasteiger charge is -2.49. The Bertz CT molecular complexity index is 2220. The molecule has 0 radical (unpaired) electrons. The number of nitrogens with zero attached hydrogens (tertiary/aromatic N) is 5. The number of amides is 4. The van der Waals surface area contributed by atoms with E-state index in [0.717, 1.165) is 11.3 Å². The highest BCUT2D eigenvalue weighted by molar-refractivity contribution is 7.92. The van der Waals surface area contributed by atoms with Crippen LogP contribution in [0.4, 0.5) is 11.4 Å². The van der Waals surface area contributed by atoms with Crippen LogP contribution in [0.25, 0.3) is 0 Å². The number of carbonyl (C=O) groups is 4. The average molecular weight is 707 g/mol. The quantitative estimate of drug-likeness (QED) is 0.433. The SMILES string of the molecule is O=C1[C@@H]2C[C@]3(C45C[C@H]6C(=O)N7CCC[C@H]7C(=O)N6[C@H]4N(S(=O)(=O)c4ccccc4)c4ccccc45)c4ccccc4N[C@@H]3N2C(=O)[C@@H]2COCN12. The largest absolute Gasteiger partial charge is 0.364 e. The molecule has 3 aromatic carbocycles. The van der Waals surface area contributed by atoms with Crippen LogP contribution in [0.15, 0.2) is 83.8 Å². The predicted octanol–water partition coefficient (Wildman–Crippen LogP) is 1.55. The average Bonchev–Trinajstić information content (AvgIpc) is 3.98. The minimum Gasteiger partial charge on any atom is -0.364 e. The molecule has 8 aliphatic heterocycles. The Hall–Kier alpha value is -4.95. The Morgan fingerprint density at radius 2 is 1.35 bits per heavy atom. The predicted molar refractivity (Wildman–Crippen MR) is 180 cm³/mol. The van der Waals surface area contributed by atoms with E-state index in [4.69, 9.17) is 4.74 Å². The third-order valence-electron chi connectivity index (χ3n) is 13.1. The van der Waals surface area contributed by atoms with Crippen molar-refractivity contribution >= 4 is 45.0 Å². The van der Waals surface area contributed by atoms with Crippen LogP contribution in [-0.2, 0) is 44.8 Å². The number of hydrogen-bond acceptors (Lipinski definition) is 8. The Balaban J connectivity index is 1.22. The highest BCUT2D eigenvalue weighted by atomic mass is 32.2.